The largest absolute Gasteiger partial charge is 0.495 e. The van der Waals surface area contributed by atoms with Crippen LogP contribution in [-0.4, -0.2) is 27.6 Å². The first-order valence-corrected chi connectivity index (χ1v) is 11.8. The number of amides is 1. The highest BCUT2D eigenvalue weighted by atomic mass is 32.2. The van der Waals surface area contributed by atoms with E-state index in [1.165, 1.54) is 11.8 Å². The Kier molecular flexibility index (Phi) is 5.94. The number of nitrogens with zero attached hydrogens (tertiary/aromatic N) is 3. The minimum absolute atomic E-state index is 0.159. The third-order valence-corrected chi connectivity index (χ3v) is 6.95. The average Bonchev–Trinajstić information content (AvgIpc) is 3.26. The number of hydrogen-bond donors (Lipinski definition) is 1. The molecule has 0 aliphatic carbocycles. The fourth-order valence-corrected chi connectivity index (χ4v) is 5.13. The van der Waals surface area contributed by atoms with Gasteiger partial charge in [-0.3, -0.25) is 9.20 Å². The van der Waals surface area contributed by atoms with Gasteiger partial charge in [0.1, 0.15) is 11.0 Å². The van der Waals surface area contributed by atoms with E-state index >= 15 is 0 Å². The van der Waals surface area contributed by atoms with Gasteiger partial charge in [-0.05, 0) is 54.8 Å². The third kappa shape index (κ3) is 4.10. The van der Waals surface area contributed by atoms with Crippen molar-refractivity contribution >= 4 is 39.9 Å². The van der Waals surface area contributed by atoms with Crippen molar-refractivity contribution in [3.63, 3.8) is 0 Å². The molecule has 0 spiro atoms. The number of carbonyl (C=O) groups is 1. The highest BCUT2D eigenvalue weighted by molar-refractivity contribution is 8.00. The van der Waals surface area contributed by atoms with Crippen LogP contribution in [-0.2, 0) is 4.79 Å². The van der Waals surface area contributed by atoms with Crippen molar-refractivity contribution in [2.45, 2.75) is 24.3 Å². The monoisotopic (exact) mass is 468 g/mol. The van der Waals surface area contributed by atoms with Crippen LogP contribution in [0.3, 0.4) is 0 Å². The average molecular weight is 469 g/mol. The Balaban J connectivity index is 1.57. The number of pyridine rings is 1. The van der Waals surface area contributed by atoms with E-state index in [1.54, 1.807) is 7.11 Å². The summed E-state index contributed by atoms with van der Waals surface area (Å²) < 4.78 is 7.48. The predicted molar refractivity (Wildman–Crippen MR) is 137 cm³/mol. The molecule has 0 saturated heterocycles. The lowest BCUT2D eigenvalue weighted by atomic mass is 10.1. The van der Waals surface area contributed by atoms with Crippen LogP contribution in [0.4, 0.5) is 5.69 Å². The van der Waals surface area contributed by atoms with Crippen LogP contribution in [0.15, 0.2) is 84.0 Å². The maximum Gasteiger partial charge on any atom is 0.242 e. The molecule has 0 saturated carbocycles. The van der Waals surface area contributed by atoms with E-state index in [0.29, 0.717) is 16.6 Å². The maximum atomic E-state index is 13.6. The summed E-state index contributed by atoms with van der Waals surface area (Å²) >= 11 is 1.38. The smallest absolute Gasteiger partial charge is 0.242 e. The molecule has 0 radical (unpaired) electrons. The quantitative estimate of drug-likeness (QED) is 0.311. The van der Waals surface area contributed by atoms with Crippen LogP contribution in [0.2, 0.25) is 0 Å². The van der Waals surface area contributed by atoms with Gasteiger partial charge in [0.25, 0.3) is 0 Å². The van der Waals surface area contributed by atoms with Crippen LogP contribution in [0.5, 0.6) is 5.75 Å². The number of carbonyl (C=O) groups excluding carboxylic acids is 1. The van der Waals surface area contributed by atoms with Crippen molar-refractivity contribution in [1.29, 1.82) is 0 Å². The lowest BCUT2D eigenvalue weighted by molar-refractivity contribution is -0.115. The minimum atomic E-state index is -0.543. The molecule has 0 bridgehead atoms. The molecule has 170 valence electrons. The predicted octanol–water partition coefficient (Wildman–Crippen LogP) is 5.98. The van der Waals surface area contributed by atoms with E-state index in [-0.39, 0.29) is 5.91 Å². The van der Waals surface area contributed by atoms with Crippen LogP contribution in [0.1, 0.15) is 21.9 Å². The zero-order chi connectivity index (χ0) is 23.7. The van der Waals surface area contributed by atoms with Crippen molar-refractivity contribution in [2.75, 3.05) is 12.4 Å². The number of benzene rings is 3. The molecular formula is C27H24N4O2S. The Bertz CT molecular complexity index is 1500. The summed E-state index contributed by atoms with van der Waals surface area (Å²) in [5, 5.41) is 13.2. The molecule has 1 amide bonds. The van der Waals surface area contributed by atoms with E-state index in [1.807, 2.05) is 78.1 Å². The Labute approximate surface area is 202 Å². The number of aryl methyl sites for hydroxylation is 2. The molecule has 34 heavy (non-hydrogen) atoms. The van der Waals surface area contributed by atoms with Crippen molar-refractivity contribution in [1.82, 2.24) is 14.6 Å². The van der Waals surface area contributed by atoms with Crippen molar-refractivity contribution in [3.8, 4) is 5.75 Å². The van der Waals surface area contributed by atoms with Crippen LogP contribution in [0, 0.1) is 13.8 Å². The first kappa shape index (κ1) is 22.0. The lowest BCUT2D eigenvalue weighted by Crippen LogP contribution is -2.20. The first-order chi connectivity index (χ1) is 16.5. The van der Waals surface area contributed by atoms with Gasteiger partial charge >= 0.3 is 0 Å². The van der Waals surface area contributed by atoms with Crippen molar-refractivity contribution in [3.05, 3.63) is 95.6 Å². The van der Waals surface area contributed by atoms with Gasteiger partial charge < -0.3 is 10.1 Å². The molecule has 3 aromatic carbocycles. The highest BCUT2D eigenvalue weighted by Crippen LogP contribution is 2.38. The van der Waals surface area contributed by atoms with Crippen LogP contribution >= 0.6 is 11.8 Å². The number of thioether (sulfide) groups is 1. The number of fused-ring (bicyclic) bond motifs is 3. The lowest BCUT2D eigenvalue weighted by Gasteiger charge is -2.18. The second-order valence-electron chi connectivity index (χ2n) is 8.12. The Morgan fingerprint density at radius 1 is 0.971 bits per heavy atom. The summed E-state index contributed by atoms with van der Waals surface area (Å²) in [6.07, 6.45) is 0. The van der Waals surface area contributed by atoms with Gasteiger partial charge in [-0.2, -0.15) is 0 Å². The maximum absolute atomic E-state index is 13.6. The summed E-state index contributed by atoms with van der Waals surface area (Å²) in [5.41, 5.74) is 5.45. The van der Waals surface area contributed by atoms with Gasteiger partial charge in [0.15, 0.2) is 10.8 Å². The van der Waals surface area contributed by atoms with Gasteiger partial charge in [0.05, 0.1) is 18.3 Å². The number of ether oxygens (including phenoxy) is 1. The molecule has 2 heterocycles. The molecule has 6 nitrogen and oxygen atoms in total. The number of methoxy groups -OCH3 is 1. The summed E-state index contributed by atoms with van der Waals surface area (Å²) in [6, 6.07) is 25.6. The molecule has 1 atom stereocenters. The number of para-hydroxylation sites is 1. The van der Waals surface area contributed by atoms with E-state index in [4.69, 9.17) is 4.74 Å². The molecule has 0 unspecified atom stereocenters. The summed E-state index contributed by atoms with van der Waals surface area (Å²) in [7, 11) is 1.60. The highest BCUT2D eigenvalue weighted by Gasteiger charge is 2.26. The second-order valence-corrected chi connectivity index (χ2v) is 9.19. The fraction of sp³-hybridized carbons (Fsp3) is 0.148. The van der Waals surface area contributed by atoms with E-state index < -0.39 is 5.25 Å². The molecule has 5 aromatic rings. The van der Waals surface area contributed by atoms with Crippen molar-refractivity contribution < 1.29 is 9.53 Å². The minimum Gasteiger partial charge on any atom is -0.495 e. The SMILES string of the molecule is COc1ccc(C)cc1NC(=O)[C@@H](Sc1nnc2cc(C)c3ccccc3n12)c1ccccc1. The standard InChI is InChI=1S/C27H24N4O2S/c1-17-13-14-23(33-3)21(15-17)28-26(32)25(19-9-5-4-6-10-19)34-27-30-29-24-16-18(2)20-11-7-8-12-22(20)31(24)27/h4-16,25H,1-3H3,(H,28,32)/t25-/m0/s1. The Morgan fingerprint density at radius 2 is 1.74 bits per heavy atom. The van der Waals surface area contributed by atoms with Crippen LogP contribution in [0.25, 0.3) is 16.6 Å². The normalized spacial score (nSPS) is 12.1. The van der Waals surface area contributed by atoms with Crippen LogP contribution < -0.4 is 10.1 Å². The summed E-state index contributed by atoms with van der Waals surface area (Å²) in [5.74, 6) is 0.457. The molecule has 0 aliphatic heterocycles. The van der Waals surface area contributed by atoms with Gasteiger partial charge in [0.2, 0.25) is 5.91 Å². The van der Waals surface area contributed by atoms with Gasteiger partial charge in [-0.1, -0.05) is 66.4 Å². The first-order valence-electron chi connectivity index (χ1n) is 11.0. The summed E-state index contributed by atoms with van der Waals surface area (Å²) in [6.45, 7) is 4.05. The third-order valence-electron chi connectivity index (χ3n) is 5.75. The molecule has 2 aromatic heterocycles. The number of rotatable bonds is 6. The fourth-order valence-electron chi connectivity index (χ4n) is 4.08. The zero-order valence-corrected chi connectivity index (χ0v) is 20.0. The molecule has 1 N–H and O–H groups in total. The number of nitrogens with one attached hydrogen (secondary N) is 1. The van der Waals surface area contributed by atoms with Gasteiger partial charge in [-0.15, -0.1) is 10.2 Å². The molecule has 0 fully saturated rings. The summed E-state index contributed by atoms with van der Waals surface area (Å²) in [4.78, 5) is 13.6. The molecule has 7 heteroatoms. The molecule has 5 rings (SSSR count). The van der Waals surface area contributed by atoms with E-state index in [2.05, 4.69) is 34.6 Å². The zero-order valence-electron chi connectivity index (χ0n) is 19.1. The van der Waals surface area contributed by atoms with Gasteiger partial charge in [-0.25, -0.2) is 0 Å². The Hall–Kier alpha value is -3.84. The number of hydrogen-bond acceptors (Lipinski definition) is 5. The number of anilines is 1. The van der Waals surface area contributed by atoms with Crippen molar-refractivity contribution in [2.24, 2.45) is 0 Å². The molecule has 0 aliphatic rings. The van der Waals surface area contributed by atoms with E-state index in [0.717, 1.165) is 33.2 Å². The van der Waals surface area contributed by atoms with E-state index in [9.17, 15) is 4.79 Å². The topological polar surface area (TPSA) is 68.5 Å². The van der Waals surface area contributed by atoms with Gasteiger partial charge in [0, 0.05) is 5.39 Å². The number of aromatic nitrogens is 3. The Morgan fingerprint density at radius 3 is 2.53 bits per heavy atom. The second kappa shape index (κ2) is 9.19. The molecular weight excluding hydrogens is 444 g/mol.